The predicted octanol–water partition coefficient (Wildman–Crippen LogP) is 1.99. The van der Waals surface area contributed by atoms with Gasteiger partial charge >= 0.3 is 0 Å². The Bertz CT molecular complexity index is 303. The van der Waals surface area contributed by atoms with Crippen LogP contribution in [0.3, 0.4) is 0 Å². The lowest BCUT2D eigenvalue weighted by atomic mass is 9.80. The van der Waals surface area contributed by atoms with Crippen molar-refractivity contribution in [2.45, 2.75) is 38.5 Å². The smallest absolute Gasteiger partial charge is 0.236 e. The van der Waals surface area contributed by atoms with E-state index in [1.165, 1.54) is 38.5 Å². The topological polar surface area (TPSA) is 32.8 Å². The molecule has 4 heteroatoms. The summed E-state index contributed by atoms with van der Waals surface area (Å²) in [5, 5.41) is 0. The fraction of sp³-hybridized carbons (Fsp3) is 0.938. The number of hydrogen-bond donors (Lipinski definition) is 0. The van der Waals surface area contributed by atoms with Crippen molar-refractivity contribution in [1.29, 1.82) is 0 Å². The van der Waals surface area contributed by atoms with Crippen molar-refractivity contribution in [3.05, 3.63) is 0 Å². The van der Waals surface area contributed by atoms with Gasteiger partial charge in [-0.15, -0.1) is 0 Å². The minimum Gasteiger partial charge on any atom is -0.383 e. The zero-order valence-electron chi connectivity index (χ0n) is 13.1. The van der Waals surface area contributed by atoms with Gasteiger partial charge in [0.05, 0.1) is 13.2 Å². The van der Waals surface area contributed by atoms with Crippen molar-refractivity contribution < 1.29 is 9.53 Å². The van der Waals surface area contributed by atoms with Crippen molar-refractivity contribution in [3.8, 4) is 0 Å². The molecule has 2 aliphatic rings. The van der Waals surface area contributed by atoms with Crippen LogP contribution in [0, 0.1) is 11.8 Å². The summed E-state index contributed by atoms with van der Waals surface area (Å²) >= 11 is 0. The zero-order chi connectivity index (χ0) is 14.4. The van der Waals surface area contributed by atoms with E-state index in [9.17, 15) is 4.79 Å². The summed E-state index contributed by atoms with van der Waals surface area (Å²) in [7, 11) is 3.69. The largest absolute Gasteiger partial charge is 0.383 e. The van der Waals surface area contributed by atoms with Crippen LogP contribution in [0.25, 0.3) is 0 Å². The molecule has 1 aliphatic heterocycles. The van der Waals surface area contributed by atoms with E-state index < -0.39 is 0 Å². The van der Waals surface area contributed by atoms with Crippen LogP contribution >= 0.6 is 0 Å². The minimum absolute atomic E-state index is 0.293. The van der Waals surface area contributed by atoms with E-state index in [2.05, 4.69) is 9.80 Å². The molecule has 0 N–H and O–H groups in total. The van der Waals surface area contributed by atoms with Crippen LogP contribution in [0.2, 0.25) is 0 Å². The van der Waals surface area contributed by atoms with Crippen molar-refractivity contribution in [3.63, 3.8) is 0 Å². The number of likely N-dealkylation sites (tertiary alicyclic amines) is 1. The first kappa shape index (κ1) is 15.8. The Morgan fingerprint density at radius 3 is 2.65 bits per heavy atom. The van der Waals surface area contributed by atoms with Gasteiger partial charge in [-0.2, -0.15) is 0 Å². The van der Waals surface area contributed by atoms with Gasteiger partial charge in [0.25, 0.3) is 0 Å². The molecule has 0 radical (unpaired) electrons. The van der Waals surface area contributed by atoms with Crippen LogP contribution in [0.5, 0.6) is 0 Å². The average molecular weight is 282 g/mol. The third-order valence-electron chi connectivity index (χ3n) is 4.98. The quantitative estimate of drug-likeness (QED) is 0.747. The minimum atomic E-state index is 0.293. The molecule has 2 fully saturated rings. The van der Waals surface area contributed by atoms with E-state index in [4.69, 9.17) is 4.74 Å². The van der Waals surface area contributed by atoms with Gasteiger partial charge in [0.1, 0.15) is 0 Å². The fourth-order valence-electron chi connectivity index (χ4n) is 3.66. The molecule has 1 saturated heterocycles. The third-order valence-corrected chi connectivity index (χ3v) is 4.98. The molecule has 20 heavy (non-hydrogen) atoms. The summed E-state index contributed by atoms with van der Waals surface area (Å²) in [6.45, 7) is 4.01. The number of hydrogen-bond acceptors (Lipinski definition) is 3. The Hall–Kier alpha value is -0.610. The van der Waals surface area contributed by atoms with E-state index in [0.29, 0.717) is 19.1 Å². The van der Waals surface area contributed by atoms with Crippen LogP contribution in [0.15, 0.2) is 0 Å². The second-order valence-electron chi connectivity index (χ2n) is 6.52. The summed E-state index contributed by atoms with van der Waals surface area (Å²) in [6.07, 6.45) is 8.21. The average Bonchev–Trinajstić information content (AvgIpc) is 2.96. The van der Waals surface area contributed by atoms with E-state index in [-0.39, 0.29) is 0 Å². The molecular weight excluding hydrogens is 252 g/mol. The number of likely N-dealkylation sites (N-methyl/N-ethyl adjacent to an activating group) is 1. The lowest BCUT2D eigenvalue weighted by molar-refractivity contribution is -0.131. The van der Waals surface area contributed by atoms with E-state index in [0.717, 1.165) is 31.5 Å². The summed E-state index contributed by atoms with van der Waals surface area (Å²) in [4.78, 5) is 16.4. The van der Waals surface area contributed by atoms with Crippen LogP contribution in [0.4, 0.5) is 0 Å². The van der Waals surface area contributed by atoms with Gasteiger partial charge in [0, 0.05) is 26.7 Å². The highest BCUT2D eigenvalue weighted by atomic mass is 16.5. The Morgan fingerprint density at radius 2 is 1.95 bits per heavy atom. The first-order valence-corrected chi connectivity index (χ1v) is 8.16. The van der Waals surface area contributed by atoms with E-state index in [1.807, 2.05) is 7.05 Å². The zero-order valence-corrected chi connectivity index (χ0v) is 13.1. The molecule has 1 saturated carbocycles. The molecule has 116 valence electrons. The number of carbonyl (C=O) groups is 1. The normalized spacial score (nSPS) is 24.6. The monoisotopic (exact) mass is 282 g/mol. The van der Waals surface area contributed by atoms with Crippen molar-refractivity contribution in [2.24, 2.45) is 11.8 Å². The maximum atomic E-state index is 12.3. The molecule has 0 bridgehead atoms. The van der Waals surface area contributed by atoms with Gasteiger partial charge in [-0.1, -0.05) is 32.1 Å². The number of rotatable bonds is 6. The maximum absolute atomic E-state index is 12.3. The van der Waals surface area contributed by atoms with Gasteiger partial charge in [-0.3, -0.25) is 9.69 Å². The van der Waals surface area contributed by atoms with Crippen molar-refractivity contribution in [2.75, 3.05) is 46.9 Å². The number of amides is 1. The van der Waals surface area contributed by atoms with Crippen molar-refractivity contribution >= 4 is 5.91 Å². The molecule has 0 aromatic carbocycles. The highest BCUT2D eigenvalue weighted by Gasteiger charge is 2.32. The van der Waals surface area contributed by atoms with Crippen LogP contribution in [-0.2, 0) is 9.53 Å². The van der Waals surface area contributed by atoms with E-state index in [1.54, 1.807) is 7.11 Å². The molecule has 0 aromatic rings. The molecule has 1 heterocycles. The number of nitrogens with zero attached hydrogens (tertiary/aromatic N) is 2. The molecular formula is C16H30N2O2. The fourth-order valence-corrected chi connectivity index (χ4v) is 3.66. The summed E-state index contributed by atoms with van der Waals surface area (Å²) in [6, 6.07) is 0. The number of methoxy groups -OCH3 is 1. The van der Waals surface area contributed by atoms with Crippen LogP contribution < -0.4 is 0 Å². The highest BCUT2D eigenvalue weighted by Crippen LogP contribution is 2.34. The Balaban J connectivity index is 1.72. The lowest BCUT2D eigenvalue weighted by Crippen LogP contribution is -2.39. The molecule has 1 amide bonds. The molecule has 1 atom stereocenters. The van der Waals surface area contributed by atoms with Crippen LogP contribution in [-0.4, -0.2) is 62.7 Å². The molecule has 0 aromatic heterocycles. The number of carbonyl (C=O) groups excluding carboxylic acids is 1. The first-order chi connectivity index (χ1) is 9.70. The Kier molecular flexibility index (Phi) is 6.30. The van der Waals surface area contributed by atoms with Gasteiger partial charge in [-0.05, 0) is 25.3 Å². The summed E-state index contributed by atoms with van der Waals surface area (Å²) in [5.74, 6) is 1.94. The molecule has 0 spiro atoms. The summed E-state index contributed by atoms with van der Waals surface area (Å²) in [5.41, 5.74) is 0. The van der Waals surface area contributed by atoms with Gasteiger partial charge < -0.3 is 9.64 Å². The summed E-state index contributed by atoms with van der Waals surface area (Å²) < 4.78 is 5.05. The first-order valence-electron chi connectivity index (χ1n) is 8.16. The second-order valence-corrected chi connectivity index (χ2v) is 6.52. The predicted molar refractivity (Wildman–Crippen MR) is 80.6 cm³/mol. The number of ether oxygens (including phenoxy) is 1. The molecule has 2 rings (SSSR count). The van der Waals surface area contributed by atoms with Gasteiger partial charge in [0.2, 0.25) is 5.91 Å². The van der Waals surface area contributed by atoms with Gasteiger partial charge in [0.15, 0.2) is 0 Å². The lowest BCUT2D eigenvalue weighted by Gasteiger charge is -2.27. The second kappa shape index (κ2) is 7.99. The molecule has 4 nitrogen and oxygen atoms in total. The Labute approximate surface area is 123 Å². The molecule has 0 unspecified atom stereocenters. The van der Waals surface area contributed by atoms with Crippen LogP contribution in [0.1, 0.15) is 38.5 Å². The third kappa shape index (κ3) is 4.45. The SMILES string of the molecule is COCCN(C)CC(=O)N1CC[C@H](C2CCCCC2)C1. The highest BCUT2D eigenvalue weighted by molar-refractivity contribution is 5.78. The standard InChI is InChI=1S/C16H30N2O2/c1-17(10-11-20-2)13-16(19)18-9-8-15(12-18)14-6-4-3-5-7-14/h14-15H,3-13H2,1-2H3/t15-/m0/s1. The van der Waals surface area contributed by atoms with Crippen molar-refractivity contribution in [1.82, 2.24) is 9.80 Å². The van der Waals surface area contributed by atoms with Gasteiger partial charge in [-0.25, -0.2) is 0 Å². The van der Waals surface area contributed by atoms with E-state index >= 15 is 0 Å². The maximum Gasteiger partial charge on any atom is 0.236 e. The Morgan fingerprint density at radius 1 is 1.20 bits per heavy atom. The molecule has 1 aliphatic carbocycles.